The third-order valence-electron chi connectivity index (χ3n) is 5.45. The van der Waals surface area contributed by atoms with Crippen LogP contribution in [0.25, 0.3) is 0 Å². The van der Waals surface area contributed by atoms with Crippen molar-refractivity contribution >= 4 is 17.8 Å². The highest BCUT2D eigenvalue weighted by molar-refractivity contribution is 5.87. The number of rotatable bonds is 8. The van der Waals surface area contributed by atoms with Gasteiger partial charge in [-0.1, -0.05) is 24.3 Å². The Morgan fingerprint density at radius 2 is 1.72 bits per heavy atom. The van der Waals surface area contributed by atoms with Gasteiger partial charge in [0.05, 0.1) is 14.2 Å². The van der Waals surface area contributed by atoms with Gasteiger partial charge in [-0.15, -0.1) is 4.98 Å². The average molecular weight is 443 g/mol. The van der Waals surface area contributed by atoms with E-state index in [1.165, 1.54) is 21.1 Å². The first-order valence-corrected chi connectivity index (χ1v) is 10.6. The van der Waals surface area contributed by atoms with Crippen LogP contribution in [0, 0.1) is 6.92 Å². The molecule has 1 aromatic heterocycles. The fourth-order valence-electron chi connectivity index (χ4n) is 3.69. The molecular formula is C22H30N6O4. The molecule has 2 aromatic rings. The number of anilines is 1. The van der Waals surface area contributed by atoms with Crippen molar-refractivity contribution < 1.29 is 19.1 Å². The number of amides is 2. The van der Waals surface area contributed by atoms with Crippen LogP contribution in [0.2, 0.25) is 0 Å². The lowest BCUT2D eigenvalue weighted by atomic mass is 9.99. The van der Waals surface area contributed by atoms with Crippen LogP contribution in [0.3, 0.4) is 0 Å². The molecule has 32 heavy (non-hydrogen) atoms. The van der Waals surface area contributed by atoms with E-state index in [1.807, 2.05) is 36.1 Å². The molecule has 2 N–H and O–H groups in total. The van der Waals surface area contributed by atoms with Crippen LogP contribution < -0.4 is 25.0 Å². The molecule has 2 heterocycles. The van der Waals surface area contributed by atoms with Crippen molar-refractivity contribution in [2.75, 3.05) is 32.2 Å². The van der Waals surface area contributed by atoms with Crippen molar-refractivity contribution in [3.63, 3.8) is 0 Å². The summed E-state index contributed by atoms with van der Waals surface area (Å²) in [4.78, 5) is 39.3. The van der Waals surface area contributed by atoms with Gasteiger partial charge in [-0.3, -0.25) is 9.59 Å². The van der Waals surface area contributed by atoms with Gasteiger partial charge < -0.3 is 25.0 Å². The minimum Gasteiger partial charge on any atom is -0.467 e. The van der Waals surface area contributed by atoms with Crippen molar-refractivity contribution in [2.45, 2.75) is 45.2 Å². The topological polar surface area (TPSA) is 119 Å². The van der Waals surface area contributed by atoms with E-state index in [4.69, 9.17) is 9.47 Å². The molecule has 1 aliphatic rings. The summed E-state index contributed by atoms with van der Waals surface area (Å²) in [5.74, 6) is 0.0749. The number of aromatic nitrogens is 3. The fraction of sp³-hybridized carbons (Fsp3) is 0.500. The van der Waals surface area contributed by atoms with Gasteiger partial charge in [-0.05, 0) is 30.9 Å². The summed E-state index contributed by atoms with van der Waals surface area (Å²) in [5.41, 5.74) is 2.13. The van der Waals surface area contributed by atoms with E-state index in [-0.39, 0.29) is 29.9 Å². The predicted molar refractivity (Wildman–Crippen MR) is 119 cm³/mol. The van der Waals surface area contributed by atoms with Crippen LogP contribution >= 0.6 is 0 Å². The molecule has 0 aliphatic carbocycles. The van der Waals surface area contributed by atoms with Gasteiger partial charge in [0.15, 0.2) is 0 Å². The first-order valence-electron chi connectivity index (χ1n) is 10.6. The highest BCUT2D eigenvalue weighted by Gasteiger charge is 2.27. The summed E-state index contributed by atoms with van der Waals surface area (Å²) in [5, 5.41) is 5.89. The van der Waals surface area contributed by atoms with Gasteiger partial charge in [0, 0.05) is 32.5 Å². The average Bonchev–Trinajstić information content (AvgIpc) is 2.79. The number of benzene rings is 1. The standard InChI is InChI=1S/C22H30N6O4/c1-14-7-5-6-8-16(14)13-18(23-15(2)29)19(30)24-17-9-11-28(12-10-17)20-25-21(31-3)27-22(26-20)32-4/h5-8,17-18H,9-13H2,1-4H3,(H,23,29)(H,24,30). The van der Waals surface area contributed by atoms with Crippen LogP contribution in [-0.2, 0) is 16.0 Å². The minimum absolute atomic E-state index is 0.00231. The van der Waals surface area contributed by atoms with E-state index in [1.54, 1.807) is 0 Å². The Kier molecular flexibility index (Phi) is 7.80. The van der Waals surface area contributed by atoms with Crippen molar-refractivity contribution in [1.82, 2.24) is 25.6 Å². The first-order chi connectivity index (χ1) is 15.4. The zero-order valence-electron chi connectivity index (χ0n) is 18.9. The third kappa shape index (κ3) is 6.05. The maximum atomic E-state index is 13.0. The monoisotopic (exact) mass is 442 g/mol. The lowest BCUT2D eigenvalue weighted by Crippen LogP contribution is -2.52. The maximum absolute atomic E-state index is 13.0. The van der Waals surface area contributed by atoms with E-state index in [0.29, 0.717) is 25.5 Å². The number of carbonyl (C=O) groups is 2. The molecule has 2 amide bonds. The molecule has 0 spiro atoms. The van der Waals surface area contributed by atoms with Gasteiger partial charge in [-0.25, -0.2) is 0 Å². The quantitative estimate of drug-likeness (QED) is 0.622. The predicted octanol–water partition coefficient (Wildman–Crippen LogP) is 1.03. The highest BCUT2D eigenvalue weighted by Crippen LogP contribution is 2.20. The number of nitrogens with one attached hydrogen (secondary N) is 2. The molecular weight excluding hydrogens is 412 g/mol. The third-order valence-corrected chi connectivity index (χ3v) is 5.45. The minimum atomic E-state index is -0.622. The largest absolute Gasteiger partial charge is 0.467 e. The molecule has 0 radical (unpaired) electrons. The van der Waals surface area contributed by atoms with Gasteiger partial charge in [-0.2, -0.15) is 9.97 Å². The number of aryl methyl sites for hydroxylation is 1. The van der Waals surface area contributed by atoms with Crippen molar-refractivity contribution in [2.24, 2.45) is 0 Å². The number of methoxy groups -OCH3 is 2. The summed E-state index contributed by atoms with van der Waals surface area (Å²) < 4.78 is 10.2. The van der Waals surface area contributed by atoms with E-state index in [9.17, 15) is 9.59 Å². The lowest BCUT2D eigenvalue weighted by Gasteiger charge is -2.33. The lowest BCUT2D eigenvalue weighted by molar-refractivity contribution is -0.128. The van der Waals surface area contributed by atoms with Crippen LogP contribution in [0.4, 0.5) is 5.95 Å². The van der Waals surface area contributed by atoms with E-state index in [0.717, 1.165) is 24.0 Å². The molecule has 1 atom stereocenters. The normalized spacial score (nSPS) is 15.1. The van der Waals surface area contributed by atoms with Gasteiger partial charge >= 0.3 is 12.0 Å². The van der Waals surface area contributed by atoms with E-state index in [2.05, 4.69) is 25.6 Å². The summed E-state index contributed by atoms with van der Waals surface area (Å²) in [7, 11) is 2.98. The number of carbonyl (C=O) groups excluding carboxylic acids is 2. The van der Waals surface area contributed by atoms with E-state index >= 15 is 0 Å². The maximum Gasteiger partial charge on any atom is 0.324 e. The summed E-state index contributed by atoms with van der Waals surface area (Å²) in [6.07, 6.45) is 1.89. The van der Waals surface area contributed by atoms with Crippen LogP contribution in [-0.4, -0.2) is 66.2 Å². The van der Waals surface area contributed by atoms with Crippen LogP contribution in [0.15, 0.2) is 24.3 Å². The Hall–Kier alpha value is -3.43. The second-order valence-corrected chi connectivity index (χ2v) is 7.76. The van der Waals surface area contributed by atoms with Crippen molar-refractivity contribution in [3.8, 4) is 12.0 Å². The van der Waals surface area contributed by atoms with Gasteiger partial charge in [0.1, 0.15) is 6.04 Å². The Bertz CT molecular complexity index is 924. The molecule has 172 valence electrons. The van der Waals surface area contributed by atoms with Crippen molar-refractivity contribution in [3.05, 3.63) is 35.4 Å². The molecule has 1 saturated heterocycles. The molecule has 0 saturated carbocycles. The first kappa shape index (κ1) is 23.2. The number of hydrogen-bond acceptors (Lipinski definition) is 8. The SMILES string of the molecule is COc1nc(OC)nc(N2CCC(NC(=O)C(Cc3ccccc3C)NC(C)=O)CC2)n1. The summed E-state index contributed by atoms with van der Waals surface area (Å²) >= 11 is 0. The molecule has 0 bridgehead atoms. The number of piperidine rings is 1. The molecule has 10 nitrogen and oxygen atoms in total. The van der Waals surface area contributed by atoms with Gasteiger partial charge in [0.2, 0.25) is 17.8 Å². The Morgan fingerprint density at radius 3 is 2.28 bits per heavy atom. The molecule has 1 aromatic carbocycles. The molecule has 1 aliphatic heterocycles. The number of ether oxygens (including phenoxy) is 2. The Labute approximate surface area is 187 Å². The second kappa shape index (κ2) is 10.7. The summed E-state index contributed by atoms with van der Waals surface area (Å²) in [6, 6.07) is 7.63. The van der Waals surface area contributed by atoms with E-state index < -0.39 is 6.04 Å². The summed E-state index contributed by atoms with van der Waals surface area (Å²) in [6.45, 7) is 4.74. The van der Waals surface area contributed by atoms with Crippen LogP contribution in [0.1, 0.15) is 30.9 Å². The molecule has 1 unspecified atom stereocenters. The fourth-order valence-corrected chi connectivity index (χ4v) is 3.69. The highest BCUT2D eigenvalue weighted by atomic mass is 16.5. The van der Waals surface area contributed by atoms with Crippen LogP contribution in [0.5, 0.6) is 12.0 Å². The molecule has 10 heteroatoms. The smallest absolute Gasteiger partial charge is 0.324 e. The number of nitrogens with zero attached hydrogens (tertiary/aromatic N) is 4. The number of hydrogen-bond donors (Lipinski definition) is 2. The molecule has 1 fully saturated rings. The Morgan fingerprint density at radius 1 is 1.09 bits per heavy atom. The second-order valence-electron chi connectivity index (χ2n) is 7.76. The Balaban J connectivity index is 1.60. The molecule has 3 rings (SSSR count). The zero-order chi connectivity index (χ0) is 23.1. The zero-order valence-corrected chi connectivity index (χ0v) is 18.9. The van der Waals surface area contributed by atoms with Gasteiger partial charge in [0.25, 0.3) is 0 Å². The van der Waals surface area contributed by atoms with Crippen molar-refractivity contribution in [1.29, 1.82) is 0 Å².